The Labute approximate surface area is 176 Å². The van der Waals surface area contributed by atoms with Crippen molar-refractivity contribution in [3.8, 4) is 6.07 Å². The molecule has 0 bridgehead atoms. The van der Waals surface area contributed by atoms with Gasteiger partial charge in [0.1, 0.15) is 0 Å². The van der Waals surface area contributed by atoms with Crippen molar-refractivity contribution in [3.05, 3.63) is 68.5 Å². The molecule has 28 heavy (non-hydrogen) atoms. The Morgan fingerprint density at radius 3 is 2.93 bits per heavy atom. The molecular weight excluding hydrogens is 406 g/mol. The molecule has 0 radical (unpaired) electrons. The molecule has 1 N–H and O–H groups in total. The van der Waals surface area contributed by atoms with Gasteiger partial charge in [-0.05, 0) is 47.0 Å². The predicted octanol–water partition coefficient (Wildman–Crippen LogP) is 5.01. The van der Waals surface area contributed by atoms with Crippen LogP contribution < -0.4 is 5.32 Å². The van der Waals surface area contributed by atoms with E-state index in [2.05, 4.69) is 45.2 Å². The lowest BCUT2D eigenvalue weighted by molar-refractivity contribution is -0.117. The summed E-state index contributed by atoms with van der Waals surface area (Å²) in [4.78, 5) is 18.7. The van der Waals surface area contributed by atoms with Gasteiger partial charge in [-0.25, -0.2) is 0 Å². The maximum absolute atomic E-state index is 12.9. The zero-order chi connectivity index (χ0) is 19.3. The number of nitrogens with zero attached hydrogens (tertiary/aromatic N) is 2. The van der Waals surface area contributed by atoms with E-state index in [1.54, 1.807) is 11.3 Å². The highest BCUT2D eigenvalue weighted by atomic mass is 32.2. The fraction of sp³-hybridized carbons (Fsp3) is 0.238. The van der Waals surface area contributed by atoms with Crippen molar-refractivity contribution in [3.63, 3.8) is 0 Å². The highest BCUT2D eigenvalue weighted by Gasteiger charge is 2.31. The molecular formula is C21H19N3OS3. The van der Waals surface area contributed by atoms with Crippen LogP contribution in [0.2, 0.25) is 0 Å². The van der Waals surface area contributed by atoms with E-state index in [0.717, 1.165) is 23.5 Å². The first-order valence-electron chi connectivity index (χ1n) is 8.98. The van der Waals surface area contributed by atoms with Crippen molar-refractivity contribution < 1.29 is 4.79 Å². The molecule has 0 fully saturated rings. The number of hydrogen-bond donors (Lipinski definition) is 1. The summed E-state index contributed by atoms with van der Waals surface area (Å²) in [6.45, 7) is 1.21. The SMILES string of the molecule is N#CCSc1ccccc1NC(=O)CN1CCc2sccc2C1c1cccs1. The number of amides is 1. The number of thioether (sulfide) groups is 1. The molecule has 1 atom stereocenters. The quantitative estimate of drug-likeness (QED) is 0.564. The number of rotatable bonds is 6. The molecule has 1 aliphatic rings. The van der Waals surface area contributed by atoms with Crippen LogP contribution in [0, 0.1) is 11.3 Å². The van der Waals surface area contributed by atoms with E-state index >= 15 is 0 Å². The molecule has 0 saturated carbocycles. The maximum Gasteiger partial charge on any atom is 0.238 e. The number of nitrogens with one attached hydrogen (secondary N) is 1. The summed E-state index contributed by atoms with van der Waals surface area (Å²) in [5, 5.41) is 16.1. The summed E-state index contributed by atoms with van der Waals surface area (Å²) in [6.07, 6.45) is 0.983. The maximum atomic E-state index is 12.9. The molecule has 4 rings (SSSR count). The standard InChI is InChI=1S/C21H19N3OS3/c22-9-13-28-18-5-2-1-4-16(18)23-20(25)14-24-10-7-17-15(8-12-27-17)21(24)19-6-3-11-26-19/h1-6,8,11-12,21H,7,10,13-14H2,(H,23,25). The average Bonchev–Trinajstić information content (AvgIpc) is 3.39. The van der Waals surface area contributed by atoms with E-state index in [-0.39, 0.29) is 11.9 Å². The lowest BCUT2D eigenvalue weighted by Gasteiger charge is -2.34. The van der Waals surface area contributed by atoms with Gasteiger partial charge < -0.3 is 5.32 Å². The molecule has 1 unspecified atom stereocenters. The van der Waals surface area contributed by atoms with Crippen LogP contribution in [0.1, 0.15) is 21.4 Å². The van der Waals surface area contributed by atoms with Gasteiger partial charge in [0.05, 0.1) is 30.1 Å². The van der Waals surface area contributed by atoms with Gasteiger partial charge in [0.25, 0.3) is 0 Å². The predicted molar refractivity (Wildman–Crippen MR) is 117 cm³/mol. The van der Waals surface area contributed by atoms with E-state index in [9.17, 15) is 4.79 Å². The molecule has 0 spiro atoms. The largest absolute Gasteiger partial charge is 0.324 e. The molecule has 142 valence electrons. The van der Waals surface area contributed by atoms with Gasteiger partial charge in [0.2, 0.25) is 5.91 Å². The summed E-state index contributed by atoms with van der Waals surface area (Å²) < 4.78 is 0. The van der Waals surface area contributed by atoms with Crippen LogP contribution in [-0.2, 0) is 11.2 Å². The van der Waals surface area contributed by atoms with Crippen LogP contribution >= 0.6 is 34.4 Å². The highest BCUT2D eigenvalue weighted by molar-refractivity contribution is 7.99. The molecule has 7 heteroatoms. The molecule has 2 aromatic heterocycles. The Bertz CT molecular complexity index is 991. The molecule has 1 aromatic carbocycles. The first-order valence-corrected chi connectivity index (χ1v) is 11.7. The molecule has 3 heterocycles. The van der Waals surface area contributed by atoms with Crippen molar-refractivity contribution in [1.29, 1.82) is 5.26 Å². The van der Waals surface area contributed by atoms with Crippen molar-refractivity contribution in [1.82, 2.24) is 4.90 Å². The Morgan fingerprint density at radius 1 is 1.21 bits per heavy atom. The third-order valence-electron chi connectivity index (χ3n) is 4.68. The van der Waals surface area contributed by atoms with Gasteiger partial charge in [-0.3, -0.25) is 9.69 Å². The number of thiophene rings is 2. The summed E-state index contributed by atoms with van der Waals surface area (Å²) >= 11 is 4.99. The fourth-order valence-electron chi connectivity index (χ4n) is 3.50. The average molecular weight is 426 g/mol. The molecule has 1 amide bonds. The summed E-state index contributed by atoms with van der Waals surface area (Å²) in [7, 11) is 0. The zero-order valence-corrected chi connectivity index (χ0v) is 17.6. The van der Waals surface area contributed by atoms with Crippen molar-refractivity contribution in [2.45, 2.75) is 17.4 Å². The lowest BCUT2D eigenvalue weighted by atomic mass is 9.98. The van der Waals surface area contributed by atoms with Crippen LogP contribution in [0.15, 0.2) is 58.1 Å². The van der Waals surface area contributed by atoms with Crippen molar-refractivity contribution in [2.75, 3.05) is 24.2 Å². The van der Waals surface area contributed by atoms with Crippen molar-refractivity contribution >= 4 is 46.0 Å². The molecule has 4 nitrogen and oxygen atoms in total. The third-order valence-corrected chi connectivity index (χ3v) is 7.54. The van der Waals surface area contributed by atoms with Gasteiger partial charge in [-0.2, -0.15) is 5.26 Å². The minimum atomic E-state index is -0.0229. The van der Waals surface area contributed by atoms with E-state index < -0.39 is 0 Å². The monoisotopic (exact) mass is 425 g/mol. The number of carbonyl (C=O) groups is 1. The van der Waals surface area contributed by atoms with E-state index in [4.69, 9.17) is 5.26 Å². The van der Waals surface area contributed by atoms with Gasteiger partial charge in [0, 0.05) is 21.2 Å². The van der Waals surface area contributed by atoms with Crippen LogP contribution in [0.5, 0.6) is 0 Å². The van der Waals surface area contributed by atoms with Crippen LogP contribution in [-0.4, -0.2) is 29.6 Å². The number of para-hydroxylation sites is 1. The minimum absolute atomic E-state index is 0.0229. The van der Waals surface area contributed by atoms with Crippen LogP contribution in [0.4, 0.5) is 5.69 Å². The number of carbonyl (C=O) groups excluding carboxylic acids is 1. The highest BCUT2D eigenvalue weighted by Crippen LogP contribution is 2.39. The third kappa shape index (κ3) is 4.15. The van der Waals surface area contributed by atoms with Gasteiger partial charge in [0.15, 0.2) is 0 Å². The minimum Gasteiger partial charge on any atom is -0.324 e. The number of benzene rings is 1. The zero-order valence-electron chi connectivity index (χ0n) is 15.1. The van der Waals surface area contributed by atoms with Gasteiger partial charge in [-0.1, -0.05) is 18.2 Å². The second kappa shape index (κ2) is 8.93. The fourth-order valence-corrected chi connectivity index (χ4v) is 5.95. The molecule has 3 aromatic rings. The summed E-state index contributed by atoms with van der Waals surface area (Å²) in [5.74, 6) is 0.339. The summed E-state index contributed by atoms with van der Waals surface area (Å²) in [6, 6.07) is 16.3. The van der Waals surface area contributed by atoms with Gasteiger partial charge >= 0.3 is 0 Å². The topological polar surface area (TPSA) is 56.1 Å². The Kier molecular flexibility index (Phi) is 6.13. The van der Waals surface area contributed by atoms with Crippen LogP contribution in [0.25, 0.3) is 0 Å². The smallest absolute Gasteiger partial charge is 0.238 e. The van der Waals surface area contributed by atoms with Gasteiger partial charge in [-0.15, -0.1) is 34.4 Å². The lowest BCUT2D eigenvalue weighted by Crippen LogP contribution is -2.40. The number of fused-ring (bicyclic) bond motifs is 1. The second-order valence-electron chi connectivity index (χ2n) is 6.43. The first-order chi connectivity index (χ1) is 13.8. The first kappa shape index (κ1) is 19.2. The Hall–Kier alpha value is -2.11. The number of nitriles is 1. The normalized spacial score (nSPS) is 16.3. The molecule has 0 aliphatic carbocycles. The number of anilines is 1. The molecule has 1 aliphatic heterocycles. The van der Waals surface area contributed by atoms with Crippen molar-refractivity contribution in [2.24, 2.45) is 0 Å². The van der Waals surface area contributed by atoms with Crippen LogP contribution in [0.3, 0.4) is 0 Å². The van der Waals surface area contributed by atoms with E-state index in [0.29, 0.717) is 12.3 Å². The Morgan fingerprint density at radius 2 is 2.11 bits per heavy atom. The second-order valence-corrected chi connectivity index (χ2v) is 9.43. The number of hydrogen-bond acceptors (Lipinski definition) is 6. The molecule has 0 saturated heterocycles. The van der Waals surface area contributed by atoms with E-state index in [1.165, 1.54) is 27.1 Å². The summed E-state index contributed by atoms with van der Waals surface area (Å²) in [5.41, 5.74) is 2.10. The van der Waals surface area contributed by atoms with E-state index in [1.807, 2.05) is 35.6 Å². The Balaban J connectivity index is 1.51.